The van der Waals surface area contributed by atoms with E-state index in [2.05, 4.69) is 4.98 Å². The quantitative estimate of drug-likeness (QED) is 0.556. The Balaban J connectivity index is 1.39. The lowest BCUT2D eigenvalue weighted by atomic mass is 9.81. The summed E-state index contributed by atoms with van der Waals surface area (Å²) in [5.41, 5.74) is -0.391. The highest BCUT2D eigenvalue weighted by atomic mass is 16.6. The maximum absolute atomic E-state index is 13.3. The van der Waals surface area contributed by atoms with E-state index in [1.54, 1.807) is 24.0 Å². The second kappa shape index (κ2) is 12.4. The average Bonchev–Trinajstić information content (AvgIpc) is 2.92. The molecule has 1 aromatic carbocycles. The molecule has 0 atom stereocenters. The van der Waals surface area contributed by atoms with Crippen LogP contribution in [0.2, 0.25) is 0 Å². The predicted molar refractivity (Wildman–Crippen MR) is 142 cm³/mol. The molecule has 38 heavy (non-hydrogen) atoms. The van der Waals surface area contributed by atoms with Crippen LogP contribution in [0, 0.1) is 11.8 Å². The van der Waals surface area contributed by atoms with Crippen molar-refractivity contribution in [3.63, 3.8) is 0 Å². The van der Waals surface area contributed by atoms with Gasteiger partial charge in [-0.15, -0.1) is 0 Å². The van der Waals surface area contributed by atoms with Crippen LogP contribution in [0.25, 0.3) is 10.9 Å². The van der Waals surface area contributed by atoms with Gasteiger partial charge in [0, 0.05) is 44.7 Å². The Morgan fingerprint density at radius 3 is 2.08 bits per heavy atom. The van der Waals surface area contributed by atoms with Crippen molar-refractivity contribution in [1.29, 1.82) is 0 Å². The third-order valence-electron chi connectivity index (χ3n) is 7.40. The molecule has 2 amide bonds. The lowest BCUT2D eigenvalue weighted by molar-refractivity contribution is -0.138. The van der Waals surface area contributed by atoms with Gasteiger partial charge in [0.15, 0.2) is 11.5 Å². The van der Waals surface area contributed by atoms with Crippen LogP contribution in [0.1, 0.15) is 46.5 Å². The number of ether oxygens (including phenoxy) is 3. The highest BCUT2D eigenvalue weighted by Crippen LogP contribution is 2.32. The second-order valence-corrected chi connectivity index (χ2v) is 9.79. The third kappa shape index (κ3) is 5.97. The summed E-state index contributed by atoms with van der Waals surface area (Å²) >= 11 is 0. The van der Waals surface area contributed by atoms with E-state index in [4.69, 9.17) is 14.2 Å². The Morgan fingerprint density at radius 2 is 1.47 bits per heavy atom. The van der Waals surface area contributed by atoms with Crippen LogP contribution in [-0.2, 0) is 16.1 Å². The summed E-state index contributed by atoms with van der Waals surface area (Å²) in [6.07, 6.45) is 2.62. The van der Waals surface area contributed by atoms with Gasteiger partial charge < -0.3 is 29.0 Å². The number of benzene rings is 1. The first-order chi connectivity index (χ1) is 18.4. The fraction of sp³-hybridized carbons (Fsp3) is 0.630. The first-order valence-corrected chi connectivity index (χ1v) is 13.6. The number of H-pyrrole nitrogens is 1. The zero-order valence-corrected chi connectivity index (χ0v) is 22.5. The van der Waals surface area contributed by atoms with E-state index in [-0.39, 0.29) is 29.4 Å². The third-order valence-corrected chi connectivity index (χ3v) is 7.40. The van der Waals surface area contributed by atoms with Gasteiger partial charge in [0.2, 0.25) is 5.91 Å². The summed E-state index contributed by atoms with van der Waals surface area (Å²) < 4.78 is 17.6. The van der Waals surface area contributed by atoms with E-state index in [0.717, 1.165) is 12.8 Å². The van der Waals surface area contributed by atoms with Crippen molar-refractivity contribution in [3.05, 3.63) is 33.0 Å². The molecule has 2 fully saturated rings. The molecule has 1 aliphatic heterocycles. The molecular formula is C27H38N4O7. The lowest BCUT2D eigenvalue weighted by Crippen LogP contribution is -2.52. The first-order valence-electron chi connectivity index (χ1n) is 13.6. The molecule has 1 saturated carbocycles. The number of nitrogens with zero attached hydrogens (tertiary/aromatic N) is 3. The summed E-state index contributed by atoms with van der Waals surface area (Å²) in [5, 5.41) is 0.377. The lowest BCUT2D eigenvalue weighted by Gasteiger charge is -2.37. The zero-order valence-electron chi connectivity index (χ0n) is 22.5. The van der Waals surface area contributed by atoms with Crippen molar-refractivity contribution in [3.8, 4) is 11.5 Å². The minimum absolute atomic E-state index is 0.0715. The van der Waals surface area contributed by atoms with E-state index in [1.807, 2.05) is 18.7 Å². The Hall–Kier alpha value is -3.50. The molecule has 0 unspecified atom stereocenters. The van der Waals surface area contributed by atoms with Crippen LogP contribution >= 0.6 is 0 Å². The fourth-order valence-electron chi connectivity index (χ4n) is 5.40. The average molecular weight is 531 g/mol. The monoisotopic (exact) mass is 530 g/mol. The largest absolute Gasteiger partial charge is 0.490 e. The van der Waals surface area contributed by atoms with Crippen LogP contribution in [-0.4, -0.2) is 77.4 Å². The highest BCUT2D eigenvalue weighted by Gasteiger charge is 2.32. The van der Waals surface area contributed by atoms with Gasteiger partial charge in [0.25, 0.3) is 5.56 Å². The van der Waals surface area contributed by atoms with Crippen molar-refractivity contribution < 1.29 is 23.8 Å². The molecule has 0 radical (unpaired) electrons. The van der Waals surface area contributed by atoms with E-state index < -0.39 is 5.69 Å². The molecule has 11 heteroatoms. The number of rotatable bonds is 8. The van der Waals surface area contributed by atoms with E-state index in [1.165, 1.54) is 4.57 Å². The van der Waals surface area contributed by atoms with Crippen LogP contribution in [0.15, 0.2) is 21.7 Å². The van der Waals surface area contributed by atoms with Gasteiger partial charge in [-0.05, 0) is 58.4 Å². The van der Waals surface area contributed by atoms with Crippen molar-refractivity contribution in [2.75, 3.05) is 46.0 Å². The number of hydrogen-bond acceptors (Lipinski definition) is 7. The molecule has 0 bridgehead atoms. The minimum atomic E-state index is -0.452. The molecule has 0 spiro atoms. The normalized spacial score (nSPS) is 19.9. The van der Waals surface area contributed by atoms with E-state index in [0.29, 0.717) is 87.8 Å². The van der Waals surface area contributed by atoms with Gasteiger partial charge in [-0.25, -0.2) is 9.59 Å². The number of aromatic nitrogens is 2. The molecular weight excluding hydrogens is 492 g/mol. The topological polar surface area (TPSA) is 123 Å². The number of amides is 2. The number of carbonyl (C=O) groups is 2. The van der Waals surface area contributed by atoms with E-state index in [9.17, 15) is 19.2 Å². The van der Waals surface area contributed by atoms with Gasteiger partial charge in [0.05, 0.1) is 30.7 Å². The van der Waals surface area contributed by atoms with Crippen molar-refractivity contribution in [1.82, 2.24) is 19.4 Å². The van der Waals surface area contributed by atoms with Crippen LogP contribution < -0.4 is 20.7 Å². The summed E-state index contributed by atoms with van der Waals surface area (Å²) in [4.78, 5) is 57.4. The number of fused-ring (bicyclic) bond motifs is 1. The molecule has 1 N–H and O–H groups in total. The molecule has 2 aromatic rings. The minimum Gasteiger partial charge on any atom is -0.490 e. The summed E-state index contributed by atoms with van der Waals surface area (Å²) in [5.74, 6) is 1.14. The smallest absolute Gasteiger partial charge is 0.409 e. The Kier molecular flexibility index (Phi) is 8.96. The molecule has 1 saturated heterocycles. The Bertz CT molecular complexity index is 1250. The highest BCUT2D eigenvalue weighted by molar-refractivity contribution is 5.81. The molecule has 1 aromatic heterocycles. The fourth-order valence-corrected chi connectivity index (χ4v) is 5.40. The van der Waals surface area contributed by atoms with Gasteiger partial charge >= 0.3 is 11.8 Å². The molecule has 2 aliphatic rings. The Labute approximate surface area is 221 Å². The summed E-state index contributed by atoms with van der Waals surface area (Å²) in [6, 6.07) is 3.27. The predicted octanol–water partition coefficient (Wildman–Crippen LogP) is 2.59. The van der Waals surface area contributed by atoms with Gasteiger partial charge in [0.1, 0.15) is 0 Å². The number of hydrogen-bond donors (Lipinski definition) is 1. The second-order valence-electron chi connectivity index (χ2n) is 9.79. The molecule has 1 aliphatic carbocycles. The standard InChI is InChI=1S/C27H38N4O7/c1-4-36-22-15-20-21(16-23(22)37-5-2)28-26(34)31(25(20)33)17-18-7-9-19(10-8-18)24(32)29-11-13-30(14-12-29)27(35)38-6-3/h15-16,18-19H,4-14,17H2,1-3H3,(H,28,34). The zero-order chi connectivity index (χ0) is 27.2. The van der Waals surface area contributed by atoms with Crippen molar-refractivity contribution in [2.45, 2.75) is 53.0 Å². The maximum Gasteiger partial charge on any atom is 0.409 e. The van der Waals surface area contributed by atoms with Crippen molar-refractivity contribution >= 4 is 22.9 Å². The molecule has 2 heterocycles. The SMILES string of the molecule is CCOC(=O)N1CCN(C(=O)C2CCC(Cn3c(=O)[nH]c4cc(OCC)c(OCC)cc4c3=O)CC2)CC1. The van der Waals surface area contributed by atoms with Gasteiger partial charge in [-0.3, -0.25) is 14.2 Å². The molecule has 208 valence electrons. The number of nitrogens with one attached hydrogen (secondary N) is 1. The van der Waals surface area contributed by atoms with Gasteiger partial charge in [-0.2, -0.15) is 0 Å². The van der Waals surface area contributed by atoms with Crippen LogP contribution in [0.5, 0.6) is 11.5 Å². The maximum atomic E-state index is 13.3. The Morgan fingerprint density at radius 1 is 0.868 bits per heavy atom. The number of aromatic amines is 1. The van der Waals surface area contributed by atoms with E-state index >= 15 is 0 Å². The van der Waals surface area contributed by atoms with Crippen LogP contribution in [0.4, 0.5) is 4.79 Å². The van der Waals surface area contributed by atoms with Gasteiger partial charge in [-0.1, -0.05) is 0 Å². The van der Waals surface area contributed by atoms with Crippen LogP contribution in [0.3, 0.4) is 0 Å². The van der Waals surface area contributed by atoms with Crippen molar-refractivity contribution in [2.24, 2.45) is 11.8 Å². The summed E-state index contributed by atoms with van der Waals surface area (Å²) in [6.45, 7) is 8.95. The summed E-state index contributed by atoms with van der Waals surface area (Å²) in [7, 11) is 0. The first kappa shape index (κ1) is 27.5. The molecule has 11 nitrogen and oxygen atoms in total. The number of piperazine rings is 1. The number of carbonyl (C=O) groups excluding carboxylic acids is 2. The molecule has 4 rings (SSSR count).